The Balaban J connectivity index is 1.20. The Hall–Kier alpha value is -2.82. The van der Waals surface area contributed by atoms with Crippen LogP contribution in [0.3, 0.4) is 0 Å². The zero-order chi connectivity index (χ0) is 22.4. The minimum atomic E-state index is -0.294. The van der Waals surface area contributed by atoms with E-state index in [2.05, 4.69) is 17.4 Å². The fraction of sp³-hybridized carbons (Fsp3) is 0.464. The largest absolute Gasteiger partial charge is 0.490 e. The summed E-state index contributed by atoms with van der Waals surface area (Å²) in [6, 6.07) is 13.2. The molecule has 3 aliphatic rings. The van der Waals surface area contributed by atoms with Crippen molar-refractivity contribution in [3.05, 3.63) is 65.6 Å². The lowest BCUT2D eigenvalue weighted by atomic mass is 9.54. The molecule has 1 amide bonds. The van der Waals surface area contributed by atoms with Crippen LogP contribution in [0, 0.1) is 11.2 Å². The number of hydrogen-bond acceptors (Lipinski definition) is 2. The van der Waals surface area contributed by atoms with E-state index in [1.165, 1.54) is 38.2 Å². The van der Waals surface area contributed by atoms with Gasteiger partial charge in [-0.2, -0.15) is 0 Å². The standard InChI is InChI=1S/C28H31FN2O2/c29-25-11-10-24(27(32)30-20-16-28(17-20)13-3-14-28)26-23(25)12-15-31(26)18-19-6-8-22(9-7-19)33-21-4-1-2-5-21/h6-12,15,20-21H,1-5,13-14,16-18H2,(H,30,32). The van der Waals surface area contributed by atoms with Crippen molar-refractivity contribution < 1.29 is 13.9 Å². The first-order valence-electron chi connectivity index (χ1n) is 12.4. The molecule has 6 rings (SSSR count). The molecule has 1 heterocycles. The molecule has 1 N–H and O–H groups in total. The highest BCUT2D eigenvalue weighted by molar-refractivity contribution is 6.06. The summed E-state index contributed by atoms with van der Waals surface area (Å²) in [5.41, 5.74) is 2.81. The van der Waals surface area contributed by atoms with Crippen LogP contribution in [0.1, 0.15) is 73.7 Å². The molecule has 0 aliphatic heterocycles. The van der Waals surface area contributed by atoms with E-state index in [-0.39, 0.29) is 17.8 Å². The minimum Gasteiger partial charge on any atom is -0.490 e. The Labute approximate surface area is 194 Å². The number of fused-ring (bicyclic) bond motifs is 1. The first-order chi connectivity index (χ1) is 16.1. The Morgan fingerprint density at radius 2 is 1.79 bits per heavy atom. The Morgan fingerprint density at radius 1 is 1.03 bits per heavy atom. The van der Waals surface area contributed by atoms with Gasteiger partial charge in [-0.25, -0.2) is 4.39 Å². The molecule has 172 valence electrons. The van der Waals surface area contributed by atoms with Gasteiger partial charge in [-0.15, -0.1) is 0 Å². The van der Waals surface area contributed by atoms with Gasteiger partial charge in [0.25, 0.3) is 5.91 Å². The summed E-state index contributed by atoms with van der Waals surface area (Å²) < 4.78 is 22.6. The molecule has 5 heteroatoms. The Kier molecular flexibility index (Phi) is 5.16. The van der Waals surface area contributed by atoms with E-state index in [0.29, 0.717) is 34.5 Å². The van der Waals surface area contributed by atoms with Crippen LogP contribution in [0.15, 0.2) is 48.7 Å². The number of nitrogens with one attached hydrogen (secondary N) is 1. The van der Waals surface area contributed by atoms with Gasteiger partial charge in [0.1, 0.15) is 11.6 Å². The lowest BCUT2D eigenvalue weighted by Crippen LogP contribution is -2.53. The number of rotatable bonds is 6. The van der Waals surface area contributed by atoms with Crippen LogP contribution in [0.5, 0.6) is 5.75 Å². The number of halogens is 1. The Bertz CT molecular complexity index is 1160. The van der Waals surface area contributed by atoms with Gasteiger partial charge in [0.2, 0.25) is 0 Å². The van der Waals surface area contributed by atoms with Crippen molar-refractivity contribution in [1.29, 1.82) is 0 Å². The summed E-state index contributed by atoms with van der Waals surface area (Å²) in [7, 11) is 0. The lowest BCUT2D eigenvalue weighted by molar-refractivity contribution is -0.000603. The number of benzene rings is 2. The Morgan fingerprint density at radius 3 is 2.48 bits per heavy atom. The van der Waals surface area contributed by atoms with Crippen molar-refractivity contribution in [3.8, 4) is 5.75 Å². The molecule has 1 spiro atoms. The first kappa shape index (κ1) is 20.8. The van der Waals surface area contributed by atoms with E-state index >= 15 is 0 Å². The molecule has 0 atom stereocenters. The third kappa shape index (κ3) is 3.92. The average Bonchev–Trinajstić information content (AvgIpc) is 3.41. The molecule has 0 saturated heterocycles. The van der Waals surface area contributed by atoms with Crippen molar-refractivity contribution in [2.45, 2.75) is 76.5 Å². The fourth-order valence-corrected chi connectivity index (χ4v) is 6.11. The molecule has 4 nitrogen and oxygen atoms in total. The molecule has 3 aromatic rings. The molecule has 3 aliphatic carbocycles. The van der Waals surface area contributed by atoms with E-state index in [4.69, 9.17) is 4.74 Å². The summed E-state index contributed by atoms with van der Waals surface area (Å²) in [4.78, 5) is 13.1. The van der Waals surface area contributed by atoms with Gasteiger partial charge in [0.15, 0.2) is 0 Å². The average molecular weight is 447 g/mol. The predicted octanol–water partition coefficient (Wildman–Crippen LogP) is 6.21. The molecular weight excluding hydrogens is 415 g/mol. The second kappa shape index (κ2) is 8.19. The van der Waals surface area contributed by atoms with Crippen molar-refractivity contribution in [1.82, 2.24) is 9.88 Å². The maximum Gasteiger partial charge on any atom is 0.253 e. The van der Waals surface area contributed by atoms with E-state index in [0.717, 1.165) is 37.0 Å². The van der Waals surface area contributed by atoms with Crippen LogP contribution in [-0.4, -0.2) is 22.6 Å². The number of carbonyl (C=O) groups excluding carboxylic acids is 1. The molecule has 3 fully saturated rings. The van der Waals surface area contributed by atoms with E-state index in [1.54, 1.807) is 12.1 Å². The second-order valence-corrected chi connectivity index (χ2v) is 10.4. The topological polar surface area (TPSA) is 43.3 Å². The van der Waals surface area contributed by atoms with Crippen LogP contribution < -0.4 is 10.1 Å². The second-order valence-electron chi connectivity index (χ2n) is 10.4. The van der Waals surface area contributed by atoms with Gasteiger partial charge in [0.05, 0.1) is 17.2 Å². The zero-order valence-corrected chi connectivity index (χ0v) is 19.0. The van der Waals surface area contributed by atoms with Crippen LogP contribution >= 0.6 is 0 Å². The number of hydrogen-bond donors (Lipinski definition) is 1. The highest BCUT2D eigenvalue weighted by Crippen LogP contribution is 2.55. The molecule has 33 heavy (non-hydrogen) atoms. The van der Waals surface area contributed by atoms with Gasteiger partial charge in [-0.05, 0) is 92.7 Å². The number of ether oxygens (including phenoxy) is 1. The maximum atomic E-state index is 14.6. The van der Waals surface area contributed by atoms with E-state index < -0.39 is 0 Å². The predicted molar refractivity (Wildman–Crippen MR) is 127 cm³/mol. The third-order valence-electron chi connectivity index (χ3n) is 8.11. The number of nitrogens with zero attached hydrogens (tertiary/aromatic N) is 1. The summed E-state index contributed by atoms with van der Waals surface area (Å²) in [5, 5.41) is 3.69. The highest BCUT2D eigenvalue weighted by Gasteiger charge is 2.48. The number of aromatic nitrogens is 1. The molecule has 1 aromatic heterocycles. The summed E-state index contributed by atoms with van der Waals surface area (Å²) in [6.07, 6.45) is 13.1. The molecule has 2 aromatic carbocycles. The van der Waals surface area contributed by atoms with Crippen molar-refractivity contribution in [2.75, 3.05) is 0 Å². The van der Waals surface area contributed by atoms with Gasteiger partial charge in [-0.1, -0.05) is 18.6 Å². The van der Waals surface area contributed by atoms with Crippen LogP contribution in [-0.2, 0) is 6.54 Å². The third-order valence-corrected chi connectivity index (χ3v) is 8.11. The molecular formula is C28H31FN2O2. The summed E-state index contributed by atoms with van der Waals surface area (Å²) in [6.45, 7) is 0.573. The quantitative estimate of drug-likeness (QED) is 0.489. The summed E-state index contributed by atoms with van der Waals surface area (Å²) >= 11 is 0. The zero-order valence-electron chi connectivity index (χ0n) is 19.0. The molecule has 0 radical (unpaired) electrons. The number of carbonyl (C=O) groups is 1. The molecule has 3 saturated carbocycles. The van der Waals surface area contributed by atoms with Gasteiger partial charge < -0.3 is 14.6 Å². The van der Waals surface area contributed by atoms with E-state index in [1.807, 2.05) is 22.9 Å². The van der Waals surface area contributed by atoms with Gasteiger partial charge in [0, 0.05) is 24.2 Å². The lowest BCUT2D eigenvalue weighted by Gasteiger charge is -2.54. The van der Waals surface area contributed by atoms with Crippen molar-refractivity contribution in [2.24, 2.45) is 5.41 Å². The normalized spacial score (nSPS) is 20.0. The SMILES string of the molecule is O=C(NC1CC2(CCC2)C1)c1ccc(F)c2ccn(Cc3ccc(OC4CCCC4)cc3)c12. The smallest absolute Gasteiger partial charge is 0.253 e. The van der Waals surface area contributed by atoms with E-state index in [9.17, 15) is 9.18 Å². The highest BCUT2D eigenvalue weighted by atomic mass is 19.1. The summed E-state index contributed by atoms with van der Waals surface area (Å²) in [5.74, 6) is 0.510. The van der Waals surface area contributed by atoms with Gasteiger partial charge >= 0.3 is 0 Å². The van der Waals surface area contributed by atoms with Crippen molar-refractivity contribution in [3.63, 3.8) is 0 Å². The first-order valence-corrected chi connectivity index (χ1v) is 12.4. The maximum absolute atomic E-state index is 14.6. The number of amides is 1. The minimum absolute atomic E-state index is 0.0977. The van der Waals surface area contributed by atoms with Crippen molar-refractivity contribution >= 4 is 16.8 Å². The fourth-order valence-electron chi connectivity index (χ4n) is 6.11. The van der Waals surface area contributed by atoms with Crippen LogP contribution in [0.25, 0.3) is 10.9 Å². The molecule has 0 unspecified atom stereocenters. The van der Waals surface area contributed by atoms with Crippen LogP contribution in [0.2, 0.25) is 0 Å². The van der Waals surface area contributed by atoms with Gasteiger partial charge in [-0.3, -0.25) is 4.79 Å². The molecule has 0 bridgehead atoms. The van der Waals surface area contributed by atoms with Crippen LogP contribution in [0.4, 0.5) is 4.39 Å². The monoisotopic (exact) mass is 446 g/mol.